The Morgan fingerprint density at radius 1 is 1.38 bits per heavy atom. The average Bonchev–Trinajstić information content (AvgIpc) is 2.52. The van der Waals surface area contributed by atoms with E-state index in [0.717, 1.165) is 6.07 Å². The second-order valence-electron chi connectivity index (χ2n) is 6.86. The first-order valence-corrected chi connectivity index (χ1v) is 8.09. The summed E-state index contributed by atoms with van der Waals surface area (Å²) in [4.78, 5) is 27.8. The quantitative estimate of drug-likeness (QED) is 0.827. The number of alkyl halides is 3. The van der Waals surface area contributed by atoms with Gasteiger partial charge in [-0.1, -0.05) is 13.8 Å². The van der Waals surface area contributed by atoms with E-state index in [4.69, 9.17) is 4.74 Å². The molecule has 1 aromatic rings. The molecule has 0 spiro atoms. The smallest absolute Gasteiger partial charge is 0.433 e. The number of hydrogen-bond acceptors (Lipinski definition) is 4. The summed E-state index contributed by atoms with van der Waals surface area (Å²) in [5.74, 6) is -2.00. The summed E-state index contributed by atoms with van der Waals surface area (Å²) in [6.45, 7) is 6.80. The summed E-state index contributed by atoms with van der Waals surface area (Å²) in [6, 6.07) is 1.70. The topological polar surface area (TPSA) is 88.5 Å². The van der Waals surface area contributed by atoms with Crippen molar-refractivity contribution in [3.63, 3.8) is 0 Å². The van der Waals surface area contributed by atoms with Gasteiger partial charge in [-0.25, -0.2) is 9.78 Å². The maximum atomic E-state index is 12.7. The number of hydrogen-bond donors (Lipinski definition) is 2. The number of aliphatic carboxylic acids is 1. The van der Waals surface area contributed by atoms with Crippen LogP contribution in [0, 0.1) is 12.3 Å². The second-order valence-corrected chi connectivity index (χ2v) is 6.86. The lowest BCUT2D eigenvalue weighted by atomic mass is 9.54. The second kappa shape index (κ2) is 6.53. The van der Waals surface area contributed by atoms with Crippen molar-refractivity contribution in [2.24, 2.45) is 5.41 Å². The molecule has 2 unspecified atom stereocenters. The predicted molar refractivity (Wildman–Crippen MR) is 85.6 cm³/mol. The van der Waals surface area contributed by atoms with Crippen LogP contribution in [0.2, 0.25) is 0 Å². The molecule has 1 saturated carbocycles. The lowest BCUT2D eigenvalue weighted by molar-refractivity contribution is -0.190. The average molecular weight is 374 g/mol. The van der Waals surface area contributed by atoms with Gasteiger partial charge in [0.25, 0.3) is 5.91 Å². The SMILES string of the molecule is CCOC1CC(NC(=O)c2ccc(C(F)(F)F)nc2C)(C(=O)O)C1(C)C. The minimum Gasteiger partial charge on any atom is -0.479 e. The van der Waals surface area contributed by atoms with Crippen LogP contribution in [0.3, 0.4) is 0 Å². The Morgan fingerprint density at radius 3 is 2.42 bits per heavy atom. The Kier molecular flexibility index (Phi) is 5.06. The Hall–Kier alpha value is -2.16. The van der Waals surface area contributed by atoms with Crippen molar-refractivity contribution in [2.75, 3.05) is 6.61 Å². The molecular weight excluding hydrogens is 353 g/mol. The van der Waals surface area contributed by atoms with Crippen molar-refractivity contribution < 1.29 is 32.6 Å². The molecule has 144 valence electrons. The summed E-state index contributed by atoms with van der Waals surface area (Å²) < 4.78 is 43.6. The normalized spacial score (nSPS) is 24.7. The molecule has 1 aliphatic carbocycles. The standard InChI is InChI=1S/C17H21F3N2O4/c1-5-26-12-8-16(14(24)25,15(12,3)4)22-13(23)10-6-7-11(17(18,19)20)21-9(10)2/h6-7,12H,5,8H2,1-4H3,(H,22,23)(H,24,25). The zero-order chi connectivity index (χ0) is 19.9. The van der Waals surface area contributed by atoms with Crippen molar-refractivity contribution in [1.29, 1.82) is 0 Å². The van der Waals surface area contributed by atoms with Gasteiger partial charge in [-0.2, -0.15) is 13.2 Å². The predicted octanol–water partition coefficient (Wildman–Crippen LogP) is 2.80. The monoisotopic (exact) mass is 374 g/mol. The molecule has 1 fully saturated rings. The van der Waals surface area contributed by atoms with E-state index in [9.17, 15) is 27.9 Å². The number of carbonyl (C=O) groups excluding carboxylic acids is 1. The van der Waals surface area contributed by atoms with Gasteiger partial charge in [0.2, 0.25) is 0 Å². The van der Waals surface area contributed by atoms with Crippen LogP contribution in [0.1, 0.15) is 48.9 Å². The molecule has 0 radical (unpaired) electrons. The molecular formula is C17H21F3N2O4. The summed E-state index contributed by atoms with van der Waals surface area (Å²) in [7, 11) is 0. The summed E-state index contributed by atoms with van der Waals surface area (Å²) in [5.41, 5.74) is -3.80. The highest BCUT2D eigenvalue weighted by Gasteiger charge is 2.66. The van der Waals surface area contributed by atoms with E-state index in [-0.39, 0.29) is 23.8 Å². The van der Waals surface area contributed by atoms with Crippen molar-refractivity contribution in [3.8, 4) is 0 Å². The van der Waals surface area contributed by atoms with Gasteiger partial charge in [-0.15, -0.1) is 0 Å². The first-order valence-electron chi connectivity index (χ1n) is 8.09. The fraction of sp³-hybridized carbons (Fsp3) is 0.588. The molecule has 2 rings (SSSR count). The Morgan fingerprint density at radius 2 is 2.00 bits per heavy atom. The fourth-order valence-electron chi connectivity index (χ4n) is 3.26. The molecule has 6 nitrogen and oxygen atoms in total. The van der Waals surface area contributed by atoms with Gasteiger partial charge in [-0.05, 0) is 26.0 Å². The number of aryl methyl sites for hydroxylation is 1. The highest BCUT2D eigenvalue weighted by atomic mass is 19.4. The Labute approximate surface area is 148 Å². The third-order valence-electron chi connectivity index (χ3n) is 5.08. The molecule has 0 bridgehead atoms. The van der Waals surface area contributed by atoms with Crippen LogP contribution in [0.5, 0.6) is 0 Å². The first-order chi connectivity index (χ1) is 11.9. The number of rotatable bonds is 5. The van der Waals surface area contributed by atoms with Crippen molar-refractivity contribution in [2.45, 2.75) is 51.9 Å². The van der Waals surface area contributed by atoms with E-state index < -0.39 is 34.7 Å². The molecule has 9 heteroatoms. The maximum absolute atomic E-state index is 12.7. The van der Waals surface area contributed by atoms with Gasteiger partial charge in [0.05, 0.1) is 17.4 Å². The molecule has 2 atom stereocenters. The molecule has 1 aliphatic rings. The number of carboxylic acid groups (broad SMARTS) is 1. The van der Waals surface area contributed by atoms with Gasteiger partial charge < -0.3 is 15.2 Å². The van der Waals surface area contributed by atoms with E-state index in [1.807, 2.05) is 0 Å². The summed E-state index contributed by atoms with van der Waals surface area (Å²) >= 11 is 0. The van der Waals surface area contributed by atoms with Gasteiger partial charge in [0, 0.05) is 18.4 Å². The van der Waals surface area contributed by atoms with Crippen LogP contribution in [-0.4, -0.2) is 40.2 Å². The Balaban J connectivity index is 2.29. The van der Waals surface area contributed by atoms with Gasteiger partial charge >= 0.3 is 12.1 Å². The number of ether oxygens (including phenoxy) is 1. The van der Waals surface area contributed by atoms with Crippen LogP contribution in [-0.2, 0) is 15.7 Å². The van der Waals surface area contributed by atoms with Crippen LogP contribution >= 0.6 is 0 Å². The molecule has 26 heavy (non-hydrogen) atoms. The van der Waals surface area contributed by atoms with Crippen LogP contribution in [0.15, 0.2) is 12.1 Å². The van der Waals surface area contributed by atoms with E-state index in [1.54, 1.807) is 20.8 Å². The number of pyridine rings is 1. The number of carbonyl (C=O) groups is 2. The Bertz CT molecular complexity index is 733. The largest absolute Gasteiger partial charge is 0.479 e. The number of nitrogens with one attached hydrogen (secondary N) is 1. The number of amides is 1. The minimum atomic E-state index is -4.62. The van der Waals surface area contributed by atoms with E-state index in [1.165, 1.54) is 6.92 Å². The minimum absolute atomic E-state index is 0.0715. The van der Waals surface area contributed by atoms with Gasteiger partial charge in [0.1, 0.15) is 11.2 Å². The molecule has 1 aromatic heterocycles. The molecule has 0 aromatic carbocycles. The van der Waals surface area contributed by atoms with Crippen molar-refractivity contribution >= 4 is 11.9 Å². The van der Waals surface area contributed by atoms with E-state index >= 15 is 0 Å². The third-order valence-corrected chi connectivity index (χ3v) is 5.08. The third kappa shape index (κ3) is 3.15. The van der Waals surface area contributed by atoms with Crippen LogP contribution in [0.4, 0.5) is 13.2 Å². The number of nitrogens with zero attached hydrogens (tertiary/aromatic N) is 1. The van der Waals surface area contributed by atoms with E-state index in [0.29, 0.717) is 12.7 Å². The number of halogens is 3. The molecule has 0 aliphatic heterocycles. The summed E-state index contributed by atoms with van der Waals surface area (Å²) in [5, 5.41) is 12.2. The molecule has 1 amide bonds. The number of carboxylic acids is 1. The van der Waals surface area contributed by atoms with E-state index in [2.05, 4.69) is 10.3 Å². The molecule has 2 N–H and O–H groups in total. The fourth-order valence-corrected chi connectivity index (χ4v) is 3.26. The lowest BCUT2D eigenvalue weighted by Crippen LogP contribution is -2.76. The van der Waals surface area contributed by atoms with Crippen molar-refractivity contribution in [3.05, 3.63) is 29.1 Å². The molecule has 1 heterocycles. The zero-order valence-electron chi connectivity index (χ0n) is 14.9. The van der Waals surface area contributed by atoms with Crippen LogP contribution in [0.25, 0.3) is 0 Å². The number of aromatic nitrogens is 1. The van der Waals surface area contributed by atoms with Gasteiger partial charge in [-0.3, -0.25) is 4.79 Å². The van der Waals surface area contributed by atoms with Gasteiger partial charge in [0.15, 0.2) is 0 Å². The zero-order valence-corrected chi connectivity index (χ0v) is 14.9. The van der Waals surface area contributed by atoms with Crippen LogP contribution < -0.4 is 5.32 Å². The van der Waals surface area contributed by atoms with Crippen molar-refractivity contribution in [1.82, 2.24) is 10.3 Å². The lowest BCUT2D eigenvalue weighted by Gasteiger charge is -2.58. The summed E-state index contributed by atoms with van der Waals surface area (Å²) in [6.07, 6.45) is -4.90. The first kappa shape index (κ1) is 20.2. The molecule has 0 saturated heterocycles. The highest BCUT2D eigenvalue weighted by Crippen LogP contribution is 2.51. The maximum Gasteiger partial charge on any atom is 0.433 e. The highest BCUT2D eigenvalue weighted by molar-refractivity contribution is 5.99.